The Bertz CT molecular complexity index is 727. The van der Waals surface area contributed by atoms with Gasteiger partial charge in [0.1, 0.15) is 5.82 Å². The molecule has 7 heteroatoms. The lowest BCUT2D eigenvalue weighted by Gasteiger charge is -2.18. The van der Waals surface area contributed by atoms with Crippen LogP contribution in [0.1, 0.15) is 36.8 Å². The minimum atomic E-state index is -0.182. The maximum atomic E-state index is 13.5. The Balaban J connectivity index is 0.00000225. The molecule has 0 atom stereocenters. The van der Waals surface area contributed by atoms with Crippen LogP contribution in [-0.4, -0.2) is 24.7 Å². The molecular weight excluding hydrogens is 434 g/mol. The molecule has 25 heavy (non-hydrogen) atoms. The summed E-state index contributed by atoms with van der Waals surface area (Å²) >= 11 is 0. The highest BCUT2D eigenvalue weighted by molar-refractivity contribution is 14.0. The van der Waals surface area contributed by atoms with Gasteiger partial charge in [-0.3, -0.25) is 4.99 Å². The van der Waals surface area contributed by atoms with E-state index in [1.54, 1.807) is 19.2 Å². The third-order valence-electron chi connectivity index (χ3n) is 4.51. The van der Waals surface area contributed by atoms with Crippen molar-refractivity contribution < 1.29 is 8.91 Å². The molecule has 3 rings (SSSR count). The summed E-state index contributed by atoms with van der Waals surface area (Å²) in [6.45, 7) is 3.30. The molecule has 0 aliphatic heterocycles. The van der Waals surface area contributed by atoms with Crippen LogP contribution in [-0.2, 0) is 18.4 Å². The van der Waals surface area contributed by atoms with Gasteiger partial charge in [0.15, 0.2) is 11.7 Å². The fourth-order valence-electron chi connectivity index (χ4n) is 2.79. The summed E-state index contributed by atoms with van der Waals surface area (Å²) in [7, 11) is 1.73. The molecule has 1 saturated carbocycles. The molecule has 1 aliphatic carbocycles. The van der Waals surface area contributed by atoms with Gasteiger partial charge in [-0.2, -0.15) is 0 Å². The van der Waals surface area contributed by atoms with E-state index >= 15 is 0 Å². The molecule has 1 aromatic carbocycles. The number of nitrogens with one attached hydrogen (secondary N) is 2. The van der Waals surface area contributed by atoms with Gasteiger partial charge in [0.2, 0.25) is 0 Å². The molecule has 1 heterocycles. The SMILES string of the molecule is CCc1cc(CNC(=NC)NCC2(c3cccc(F)c3)CC2)on1.I. The van der Waals surface area contributed by atoms with Gasteiger partial charge in [-0.05, 0) is 37.0 Å². The summed E-state index contributed by atoms with van der Waals surface area (Å²) in [5.74, 6) is 1.30. The number of hydrogen-bond acceptors (Lipinski definition) is 3. The summed E-state index contributed by atoms with van der Waals surface area (Å²) in [6.07, 6.45) is 2.97. The van der Waals surface area contributed by atoms with Gasteiger partial charge in [-0.25, -0.2) is 4.39 Å². The van der Waals surface area contributed by atoms with Crippen LogP contribution in [0.15, 0.2) is 39.8 Å². The van der Waals surface area contributed by atoms with Crippen molar-refractivity contribution in [2.24, 2.45) is 4.99 Å². The molecule has 5 nitrogen and oxygen atoms in total. The van der Waals surface area contributed by atoms with E-state index in [0.717, 1.165) is 42.8 Å². The molecule has 0 spiro atoms. The summed E-state index contributed by atoms with van der Waals surface area (Å²) in [5, 5.41) is 10.5. The molecule has 0 amide bonds. The Morgan fingerprint density at radius 2 is 2.12 bits per heavy atom. The van der Waals surface area contributed by atoms with Crippen LogP contribution in [0.2, 0.25) is 0 Å². The largest absolute Gasteiger partial charge is 0.359 e. The van der Waals surface area contributed by atoms with E-state index in [1.807, 2.05) is 19.1 Å². The first-order valence-corrected chi connectivity index (χ1v) is 8.30. The second kappa shape index (κ2) is 8.64. The average Bonchev–Trinajstić information content (AvgIpc) is 3.25. The van der Waals surface area contributed by atoms with Crippen molar-refractivity contribution >= 4 is 29.9 Å². The Hall–Kier alpha value is -1.64. The zero-order valence-electron chi connectivity index (χ0n) is 14.5. The lowest BCUT2D eigenvalue weighted by molar-refractivity contribution is 0.374. The first-order chi connectivity index (χ1) is 11.6. The van der Waals surface area contributed by atoms with Crippen molar-refractivity contribution in [1.82, 2.24) is 15.8 Å². The topological polar surface area (TPSA) is 62.5 Å². The van der Waals surface area contributed by atoms with Crippen molar-refractivity contribution in [2.45, 2.75) is 38.1 Å². The van der Waals surface area contributed by atoms with E-state index < -0.39 is 0 Å². The van der Waals surface area contributed by atoms with Gasteiger partial charge < -0.3 is 15.2 Å². The van der Waals surface area contributed by atoms with Crippen LogP contribution in [0, 0.1) is 5.82 Å². The Labute approximate surface area is 164 Å². The van der Waals surface area contributed by atoms with Gasteiger partial charge in [0, 0.05) is 25.1 Å². The van der Waals surface area contributed by atoms with Crippen LogP contribution in [0.3, 0.4) is 0 Å². The van der Waals surface area contributed by atoms with Gasteiger partial charge >= 0.3 is 0 Å². The van der Waals surface area contributed by atoms with Crippen molar-refractivity contribution in [2.75, 3.05) is 13.6 Å². The number of nitrogens with zero attached hydrogens (tertiary/aromatic N) is 2. The molecule has 1 aliphatic rings. The van der Waals surface area contributed by atoms with Gasteiger partial charge in [-0.15, -0.1) is 24.0 Å². The van der Waals surface area contributed by atoms with Gasteiger partial charge in [-0.1, -0.05) is 24.2 Å². The van der Waals surface area contributed by atoms with Gasteiger partial charge in [0.05, 0.1) is 12.2 Å². The van der Waals surface area contributed by atoms with E-state index in [4.69, 9.17) is 4.52 Å². The highest BCUT2D eigenvalue weighted by Crippen LogP contribution is 2.47. The molecule has 1 fully saturated rings. The zero-order valence-corrected chi connectivity index (χ0v) is 16.8. The van der Waals surface area contributed by atoms with Crippen LogP contribution < -0.4 is 10.6 Å². The number of halogens is 2. The zero-order chi connectivity index (χ0) is 17.0. The minimum absolute atomic E-state index is 0. The van der Waals surface area contributed by atoms with Crippen molar-refractivity contribution in [3.8, 4) is 0 Å². The molecule has 2 aromatic rings. The Morgan fingerprint density at radius 1 is 1.32 bits per heavy atom. The average molecular weight is 458 g/mol. The van der Waals surface area contributed by atoms with E-state index in [2.05, 4.69) is 20.8 Å². The number of guanidine groups is 1. The summed E-state index contributed by atoms with van der Waals surface area (Å²) < 4.78 is 18.7. The van der Waals surface area contributed by atoms with Gasteiger partial charge in [0.25, 0.3) is 0 Å². The maximum Gasteiger partial charge on any atom is 0.191 e. The second-order valence-corrected chi connectivity index (χ2v) is 6.21. The maximum absolute atomic E-state index is 13.5. The number of aryl methyl sites for hydroxylation is 1. The van der Waals surface area contributed by atoms with E-state index in [1.165, 1.54) is 6.07 Å². The second-order valence-electron chi connectivity index (χ2n) is 6.21. The molecule has 1 aromatic heterocycles. The number of benzene rings is 1. The molecular formula is C18H24FIN4O. The standard InChI is InChI=1S/C18H23FN4O.HI/c1-3-15-10-16(24-23-15)11-21-17(20-2)22-12-18(7-8-18)13-5-4-6-14(19)9-13;/h4-6,9-10H,3,7-8,11-12H2,1-2H3,(H2,20,21,22);1H. The fourth-order valence-corrected chi connectivity index (χ4v) is 2.79. The van der Waals surface area contributed by atoms with Crippen molar-refractivity contribution in [1.29, 1.82) is 0 Å². The molecule has 2 N–H and O–H groups in total. The van der Waals surface area contributed by atoms with Crippen LogP contribution in [0.5, 0.6) is 0 Å². The van der Waals surface area contributed by atoms with Crippen LogP contribution in [0.25, 0.3) is 0 Å². The predicted octanol–water partition coefficient (Wildman–Crippen LogP) is 3.39. The predicted molar refractivity (Wildman–Crippen MR) is 107 cm³/mol. The van der Waals surface area contributed by atoms with Crippen LogP contribution >= 0.6 is 24.0 Å². The normalized spacial score (nSPS) is 15.4. The van der Waals surface area contributed by atoms with E-state index in [-0.39, 0.29) is 35.2 Å². The number of hydrogen-bond donors (Lipinski definition) is 2. The smallest absolute Gasteiger partial charge is 0.191 e. The third kappa shape index (κ3) is 4.93. The molecule has 0 saturated heterocycles. The summed E-state index contributed by atoms with van der Waals surface area (Å²) in [6, 6.07) is 8.82. The number of aliphatic imine (C=N–C) groups is 1. The van der Waals surface area contributed by atoms with Crippen molar-refractivity contribution in [3.63, 3.8) is 0 Å². The third-order valence-corrected chi connectivity index (χ3v) is 4.51. The lowest BCUT2D eigenvalue weighted by Crippen LogP contribution is -2.40. The minimum Gasteiger partial charge on any atom is -0.359 e. The van der Waals surface area contributed by atoms with Crippen LogP contribution in [0.4, 0.5) is 4.39 Å². The molecule has 0 bridgehead atoms. The summed E-state index contributed by atoms with van der Waals surface area (Å²) in [5.41, 5.74) is 2.01. The fraction of sp³-hybridized carbons (Fsp3) is 0.444. The Kier molecular flexibility index (Phi) is 6.80. The quantitative estimate of drug-likeness (QED) is 0.396. The van der Waals surface area contributed by atoms with E-state index in [0.29, 0.717) is 12.5 Å². The first kappa shape index (κ1) is 19.7. The highest BCUT2D eigenvalue weighted by atomic mass is 127. The number of aromatic nitrogens is 1. The lowest BCUT2D eigenvalue weighted by atomic mass is 9.96. The van der Waals surface area contributed by atoms with E-state index in [9.17, 15) is 4.39 Å². The summed E-state index contributed by atoms with van der Waals surface area (Å²) in [4.78, 5) is 4.23. The molecule has 0 radical (unpaired) electrons. The monoisotopic (exact) mass is 458 g/mol. The molecule has 136 valence electrons. The number of rotatable bonds is 6. The molecule has 0 unspecified atom stereocenters. The first-order valence-electron chi connectivity index (χ1n) is 8.30. The highest BCUT2D eigenvalue weighted by Gasteiger charge is 2.44. The Morgan fingerprint density at radius 3 is 2.72 bits per heavy atom. The van der Waals surface area contributed by atoms with Crippen molar-refractivity contribution in [3.05, 3.63) is 53.2 Å².